The Kier molecular flexibility index (Phi) is 5.98. The van der Waals surface area contributed by atoms with E-state index >= 15 is 0 Å². The zero-order chi connectivity index (χ0) is 21.8. The molecule has 0 spiro atoms. The monoisotopic (exact) mass is 415 g/mol. The molecule has 31 heavy (non-hydrogen) atoms. The molecule has 4 rings (SSSR count). The van der Waals surface area contributed by atoms with Gasteiger partial charge < -0.3 is 9.32 Å². The Labute approximate surface area is 180 Å². The van der Waals surface area contributed by atoms with Gasteiger partial charge >= 0.3 is 0 Å². The van der Waals surface area contributed by atoms with Crippen molar-refractivity contribution in [3.63, 3.8) is 0 Å². The molecule has 0 saturated carbocycles. The van der Waals surface area contributed by atoms with E-state index in [1.54, 1.807) is 24.1 Å². The molecule has 2 heterocycles. The van der Waals surface area contributed by atoms with Crippen molar-refractivity contribution in [2.45, 2.75) is 32.7 Å². The number of rotatable bonds is 7. The first-order chi connectivity index (χ1) is 15.1. The predicted octanol–water partition coefficient (Wildman–Crippen LogP) is 4.59. The molecule has 2 aromatic carbocycles. The van der Waals surface area contributed by atoms with Crippen molar-refractivity contribution in [1.82, 2.24) is 14.7 Å². The Morgan fingerprint density at radius 3 is 2.55 bits per heavy atom. The lowest BCUT2D eigenvalue weighted by molar-refractivity contribution is 0.0777. The SMILES string of the molecule is CCCCc1oc2ccccc2c1CN(C)C(=O)c1ccc(=O)n(-c2ccccc2)n1. The molecule has 0 radical (unpaired) electrons. The number of amides is 1. The van der Waals surface area contributed by atoms with Crippen LogP contribution in [0.25, 0.3) is 16.7 Å². The highest BCUT2D eigenvalue weighted by Gasteiger charge is 2.20. The largest absolute Gasteiger partial charge is 0.461 e. The second-order valence-electron chi connectivity index (χ2n) is 7.57. The van der Waals surface area contributed by atoms with Crippen molar-refractivity contribution < 1.29 is 9.21 Å². The maximum atomic E-state index is 13.1. The summed E-state index contributed by atoms with van der Waals surface area (Å²) in [6, 6.07) is 19.8. The van der Waals surface area contributed by atoms with Crippen LogP contribution in [0, 0.1) is 0 Å². The van der Waals surface area contributed by atoms with Gasteiger partial charge in [0.2, 0.25) is 0 Å². The van der Waals surface area contributed by atoms with Gasteiger partial charge in [0.1, 0.15) is 17.0 Å². The van der Waals surface area contributed by atoms with Crippen LogP contribution in [0.5, 0.6) is 0 Å². The first kappa shape index (κ1) is 20.6. The molecule has 0 aliphatic rings. The van der Waals surface area contributed by atoms with Crippen LogP contribution in [0.3, 0.4) is 0 Å². The molecule has 0 aliphatic heterocycles. The van der Waals surface area contributed by atoms with E-state index in [1.807, 2.05) is 42.5 Å². The van der Waals surface area contributed by atoms with Crippen LogP contribution in [0.1, 0.15) is 41.6 Å². The summed E-state index contributed by atoms with van der Waals surface area (Å²) in [6.45, 7) is 2.55. The number of unbranched alkanes of at least 4 members (excludes halogenated alkanes) is 1. The fourth-order valence-corrected chi connectivity index (χ4v) is 3.65. The normalized spacial score (nSPS) is 11.0. The Bertz CT molecular complexity index is 1260. The minimum atomic E-state index is -0.284. The molecule has 0 bridgehead atoms. The maximum absolute atomic E-state index is 13.1. The molecule has 6 heteroatoms. The summed E-state index contributed by atoms with van der Waals surface area (Å²) in [6.07, 6.45) is 2.92. The Morgan fingerprint density at radius 1 is 1.03 bits per heavy atom. The number of aryl methyl sites for hydroxylation is 1. The van der Waals surface area contributed by atoms with Crippen molar-refractivity contribution in [2.75, 3.05) is 7.05 Å². The zero-order valence-electron chi connectivity index (χ0n) is 17.7. The first-order valence-corrected chi connectivity index (χ1v) is 10.5. The van der Waals surface area contributed by atoms with Crippen LogP contribution in [0.4, 0.5) is 0 Å². The van der Waals surface area contributed by atoms with Gasteiger partial charge in [-0.3, -0.25) is 9.59 Å². The van der Waals surface area contributed by atoms with Crippen molar-refractivity contribution in [3.8, 4) is 5.69 Å². The summed E-state index contributed by atoms with van der Waals surface area (Å²) in [5.74, 6) is 0.668. The average molecular weight is 415 g/mol. The van der Waals surface area contributed by atoms with Crippen molar-refractivity contribution in [2.24, 2.45) is 0 Å². The molecule has 2 aromatic heterocycles. The number of carbonyl (C=O) groups excluding carboxylic acids is 1. The quantitative estimate of drug-likeness (QED) is 0.443. The van der Waals surface area contributed by atoms with Gasteiger partial charge in [0.05, 0.1) is 5.69 Å². The summed E-state index contributed by atoms with van der Waals surface area (Å²) in [7, 11) is 1.74. The van der Waals surface area contributed by atoms with Gasteiger partial charge in [0.25, 0.3) is 11.5 Å². The zero-order valence-corrected chi connectivity index (χ0v) is 17.7. The van der Waals surface area contributed by atoms with E-state index in [2.05, 4.69) is 12.0 Å². The molecular formula is C25H25N3O3. The highest BCUT2D eigenvalue weighted by atomic mass is 16.3. The molecular weight excluding hydrogens is 390 g/mol. The third kappa shape index (κ3) is 4.28. The van der Waals surface area contributed by atoms with E-state index in [0.717, 1.165) is 41.6 Å². The van der Waals surface area contributed by atoms with E-state index in [1.165, 1.54) is 16.8 Å². The molecule has 0 N–H and O–H groups in total. The number of benzene rings is 2. The van der Waals surface area contributed by atoms with Gasteiger partial charge in [-0.1, -0.05) is 49.7 Å². The second-order valence-corrected chi connectivity index (χ2v) is 7.57. The third-order valence-corrected chi connectivity index (χ3v) is 5.30. The summed E-state index contributed by atoms with van der Waals surface area (Å²) < 4.78 is 7.33. The van der Waals surface area contributed by atoms with Crippen LogP contribution in [0.15, 0.2) is 75.9 Å². The number of para-hydroxylation sites is 2. The summed E-state index contributed by atoms with van der Waals surface area (Å²) in [4.78, 5) is 27.0. The van der Waals surface area contributed by atoms with Crippen LogP contribution in [-0.2, 0) is 13.0 Å². The van der Waals surface area contributed by atoms with Crippen LogP contribution in [-0.4, -0.2) is 27.6 Å². The van der Waals surface area contributed by atoms with Gasteiger partial charge in [-0.2, -0.15) is 9.78 Å². The van der Waals surface area contributed by atoms with Crippen molar-refractivity contribution in [1.29, 1.82) is 0 Å². The molecule has 0 atom stereocenters. The van der Waals surface area contributed by atoms with Gasteiger partial charge in [-0.05, 0) is 30.7 Å². The van der Waals surface area contributed by atoms with E-state index in [0.29, 0.717) is 12.2 Å². The second kappa shape index (κ2) is 9.00. The third-order valence-electron chi connectivity index (χ3n) is 5.30. The Balaban J connectivity index is 1.63. The topological polar surface area (TPSA) is 68.3 Å². The minimum Gasteiger partial charge on any atom is -0.461 e. The molecule has 1 amide bonds. The predicted molar refractivity (Wildman–Crippen MR) is 120 cm³/mol. The summed E-state index contributed by atoms with van der Waals surface area (Å²) >= 11 is 0. The van der Waals surface area contributed by atoms with E-state index in [-0.39, 0.29) is 17.2 Å². The lowest BCUT2D eigenvalue weighted by atomic mass is 10.1. The summed E-state index contributed by atoms with van der Waals surface area (Å²) in [5.41, 5.74) is 2.41. The number of hydrogen-bond acceptors (Lipinski definition) is 4. The van der Waals surface area contributed by atoms with E-state index < -0.39 is 0 Å². The molecule has 4 aromatic rings. The average Bonchev–Trinajstić information content (AvgIpc) is 3.15. The lowest BCUT2D eigenvalue weighted by Crippen LogP contribution is -2.30. The number of hydrogen-bond donors (Lipinski definition) is 0. The number of nitrogens with zero attached hydrogens (tertiary/aromatic N) is 3. The van der Waals surface area contributed by atoms with Crippen molar-refractivity contribution in [3.05, 3.63) is 94.1 Å². The number of furan rings is 1. The molecule has 0 fully saturated rings. The molecule has 158 valence electrons. The van der Waals surface area contributed by atoms with Crippen LogP contribution in [0.2, 0.25) is 0 Å². The fourth-order valence-electron chi connectivity index (χ4n) is 3.65. The van der Waals surface area contributed by atoms with Gasteiger partial charge in [0.15, 0.2) is 0 Å². The number of carbonyl (C=O) groups is 1. The molecule has 6 nitrogen and oxygen atoms in total. The molecule has 0 aliphatic carbocycles. The lowest BCUT2D eigenvalue weighted by Gasteiger charge is -2.17. The number of fused-ring (bicyclic) bond motifs is 1. The maximum Gasteiger partial charge on any atom is 0.274 e. The first-order valence-electron chi connectivity index (χ1n) is 10.5. The van der Waals surface area contributed by atoms with Crippen molar-refractivity contribution >= 4 is 16.9 Å². The fraction of sp³-hybridized carbons (Fsp3) is 0.240. The minimum absolute atomic E-state index is 0.217. The van der Waals surface area contributed by atoms with Crippen LogP contribution < -0.4 is 5.56 Å². The van der Waals surface area contributed by atoms with Crippen LogP contribution >= 0.6 is 0 Å². The van der Waals surface area contributed by atoms with Gasteiger partial charge in [-0.25, -0.2) is 0 Å². The highest BCUT2D eigenvalue weighted by Crippen LogP contribution is 2.28. The molecule has 0 unspecified atom stereocenters. The van der Waals surface area contributed by atoms with Gasteiger partial charge in [0, 0.05) is 37.0 Å². The standard InChI is InChI=1S/C25H25N3O3/c1-3-4-13-23-20(19-12-8-9-14-22(19)31-23)17-27(2)25(30)21-15-16-24(29)28(26-21)18-10-6-5-7-11-18/h5-12,14-16H,3-4,13,17H2,1-2H3. The molecule has 0 saturated heterocycles. The highest BCUT2D eigenvalue weighted by molar-refractivity contribution is 5.92. The number of aromatic nitrogens is 2. The Morgan fingerprint density at radius 2 is 1.77 bits per heavy atom. The smallest absolute Gasteiger partial charge is 0.274 e. The van der Waals surface area contributed by atoms with E-state index in [9.17, 15) is 9.59 Å². The Hall–Kier alpha value is -3.67. The summed E-state index contributed by atoms with van der Waals surface area (Å²) in [5, 5.41) is 5.34. The van der Waals surface area contributed by atoms with E-state index in [4.69, 9.17) is 4.42 Å². The van der Waals surface area contributed by atoms with Gasteiger partial charge in [-0.15, -0.1) is 0 Å².